The predicted molar refractivity (Wildman–Crippen MR) is 104 cm³/mol. The van der Waals surface area contributed by atoms with Crippen LogP contribution in [0.4, 0.5) is 11.4 Å². The topological polar surface area (TPSA) is 88.4 Å². The third kappa shape index (κ3) is 4.61. The maximum absolute atomic E-state index is 12.8. The molecule has 1 aliphatic rings. The summed E-state index contributed by atoms with van der Waals surface area (Å²) in [5.74, 6) is -0.135. The Hall–Kier alpha value is -2.96. The Kier molecular flexibility index (Phi) is 6.01. The number of anilines is 1. The number of amides is 1. The molecule has 0 bridgehead atoms. The lowest BCUT2D eigenvalue weighted by atomic mass is 10.1. The quantitative estimate of drug-likeness (QED) is 0.632. The van der Waals surface area contributed by atoms with Crippen molar-refractivity contribution in [3.8, 4) is 0 Å². The molecule has 142 valence electrons. The molecule has 3 rings (SSSR count). The number of pyridine rings is 1. The van der Waals surface area contributed by atoms with Gasteiger partial charge in [-0.2, -0.15) is 0 Å². The van der Waals surface area contributed by atoms with Gasteiger partial charge in [-0.1, -0.05) is 18.9 Å². The SMILES string of the molecule is C[C@@H](Nc1ccc(C(=O)N2CCCCCC2)cc1[N+](=O)[O-])c1ccccn1. The Morgan fingerprint density at radius 3 is 2.56 bits per heavy atom. The summed E-state index contributed by atoms with van der Waals surface area (Å²) in [6.07, 6.45) is 5.89. The molecular weight excluding hydrogens is 344 g/mol. The lowest BCUT2D eigenvalue weighted by Gasteiger charge is -2.21. The molecule has 0 saturated carbocycles. The molecule has 1 aromatic heterocycles. The normalized spacial score (nSPS) is 15.7. The highest BCUT2D eigenvalue weighted by molar-refractivity contribution is 5.95. The summed E-state index contributed by atoms with van der Waals surface area (Å²) < 4.78 is 0. The van der Waals surface area contributed by atoms with Gasteiger partial charge in [0.1, 0.15) is 5.69 Å². The molecule has 1 saturated heterocycles. The molecule has 2 heterocycles. The maximum Gasteiger partial charge on any atom is 0.293 e. The maximum atomic E-state index is 12.8. The van der Waals surface area contributed by atoms with Crippen LogP contribution in [0.3, 0.4) is 0 Å². The number of likely N-dealkylation sites (tertiary alicyclic amines) is 1. The number of aromatic nitrogens is 1. The van der Waals surface area contributed by atoms with Gasteiger partial charge in [0, 0.05) is 30.9 Å². The summed E-state index contributed by atoms with van der Waals surface area (Å²) in [5, 5.41) is 14.7. The van der Waals surface area contributed by atoms with Crippen LogP contribution in [-0.4, -0.2) is 33.8 Å². The lowest BCUT2D eigenvalue weighted by molar-refractivity contribution is -0.384. The van der Waals surface area contributed by atoms with Crippen molar-refractivity contribution in [3.05, 3.63) is 64.0 Å². The Morgan fingerprint density at radius 1 is 1.19 bits per heavy atom. The molecule has 7 heteroatoms. The van der Waals surface area contributed by atoms with Crippen LogP contribution < -0.4 is 5.32 Å². The lowest BCUT2D eigenvalue weighted by Crippen LogP contribution is -2.31. The van der Waals surface area contributed by atoms with Gasteiger partial charge in [-0.05, 0) is 44.0 Å². The largest absolute Gasteiger partial charge is 0.371 e. The van der Waals surface area contributed by atoms with Gasteiger partial charge in [0.15, 0.2) is 0 Å². The first-order chi connectivity index (χ1) is 13.1. The third-order valence-corrected chi connectivity index (χ3v) is 4.84. The fraction of sp³-hybridized carbons (Fsp3) is 0.400. The number of nitrogens with one attached hydrogen (secondary N) is 1. The molecule has 0 radical (unpaired) electrons. The number of nitrogens with zero attached hydrogens (tertiary/aromatic N) is 3. The van der Waals surface area contributed by atoms with Crippen LogP contribution >= 0.6 is 0 Å². The van der Waals surface area contributed by atoms with Crippen molar-refractivity contribution < 1.29 is 9.72 Å². The minimum absolute atomic E-state index is 0.0987. The highest BCUT2D eigenvalue weighted by Crippen LogP contribution is 2.29. The number of nitro benzene ring substituents is 1. The summed E-state index contributed by atoms with van der Waals surface area (Å²) in [6, 6.07) is 10.0. The predicted octanol–water partition coefficient (Wildman–Crippen LogP) is 4.18. The summed E-state index contributed by atoms with van der Waals surface area (Å²) in [6.45, 7) is 3.31. The van der Waals surface area contributed by atoms with Crippen LogP contribution in [0.2, 0.25) is 0 Å². The highest BCUT2D eigenvalue weighted by Gasteiger charge is 2.23. The van der Waals surface area contributed by atoms with Gasteiger partial charge in [0.25, 0.3) is 11.6 Å². The molecule has 0 aliphatic carbocycles. The minimum atomic E-state index is -0.452. The minimum Gasteiger partial charge on any atom is -0.371 e. The van der Waals surface area contributed by atoms with Crippen molar-refractivity contribution in [1.82, 2.24) is 9.88 Å². The smallest absolute Gasteiger partial charge is 0.293 e. The molecule has 0 unspecified atom stereocenters. The summed E-state index contributed by atoms with van der Waals surface area (Å²) in [4.78, 5) is 29.9. The average molecular weight is 368 g/mol. The fourth-order valence-electron chi connectivity index (χ4n) is 3.33. The molecular formula is C20H24N4O3. The van der Waals surface area contributed by atoms with E-state index in [1.54, 1.807) is 23.2 Å². The molecule has 2 aromatic rings. The van der Waals surface area contributed by atoms with Gasteiger partial charge >= 0.3 is 0 Å². The zero-order valence-corrected chi connectivity index (χ0v) is 15.4. The van der Waals surface area contributed by atoms with E-state index >= 15 is 0 Å². The van der Waals surface area contributed by atoms with Crippen molar-refractivity contribution in [2.45, 2.75) is 38.6 Å². The first-order valence-electron chi connectivity index (χ1n) is 9.31. The van der Waals surface area contributed by atoms with E-state index in [4.69, 9.17) is 0 Å². The van der Waals surface area contributed by atoms with Crippen molar-refractivity contribution in [2.75, 3.05) is 18.4 Å². The Labute approximate surface area is 158 Å². The standard InChI is InChI=1S/C20H24N4O3/c1-15(17-8-4-5-11-21-17)22-18-10-9-16(14-19(18)24(26)27)20(25)23-12-6-2-3-7-13-23/h4-5,8-11,14-15,22H,2-3,6-7,12-13H2,1H3/t15-/m1/s1. The number of carbonyl (C=O) groups is 1. The van der Waals surface area contributed by atoms with E-state index in [2.05, 4.69) is 10.3 Å². The monoisotopic (exact) mass is 368 g/mol. The first-order valence-corrected chi connectivity index (χ1v) is 9.31. The fourth-order valence-corrected chi connectivity index (χ4v) is 3.33. The van der Waals surface area contributed by atoms with E-state index in [1.807, 2.05) is 25.1 Å². The molecule has 1 aliphatic heterocycles. The van der Waals surface area contributed by atoms with Crippen LogP contribution in [0.1, 0.15) is 54.7 Å². The van der Waals surface area contributed by atoms with Gasteiger partial charge in [-0.15, -0.1) is 0 Å². The average Bonchev–Trinajstić information content (AvgIpc) is 2.97. The third-order valence-electron chi connectivity index (χ3n) is 4.84. The zero-order valence-electron chi connectivity index (χ0n) is 15.4. The van der Waals surface area contributed by atoms with E-state index in [9.17, 15) is 14.9 Å². The van der Waals surface area contributed by atoms with Crippen molar-refractivity contribution in [1.29, 1.82) is 0 Å². The van der Waals surface area contributed by atoms with Gasteiger partial charge in [0.05, 0.1) is 16.7 Å². The Morgan fingerprint density at radius 2 is 1.93 bits per heavy atom. The van der Waals surface area contributed by atoms with Crippen molar-refractivity contribution in [3.63, 3.8) is 0 Å². The van der Waals surface area contributed by atoms with Crippen LogP contribution in [0.15, 0.2) is 42.6 Å². The molecule has 1 aromatic carbocycles. The second kappa shape index (κ2) is 8.62. The van der Waals surface area contributed by atoms with E-state index in [1.165, 1.54) is 6.07 Å². The highest BCUT2D eigenvalue weighted by atomic mass is 16.6. The van der Waals surface area contributed by atoms with E-state index in [0.717, 1.165) is 31.4 Å². The Balaban J connectivity index is 1.82. The summed E-state index contributed by atoms with van der Waals surface area (Å²) in [7, 11) is 0. The summed E-state index contributed by atoms with van der Waals surface area (Å²) >= 11 is 0. The van der Waals surface area contributed by atoms with Crippen LogP contribution in [-0.2, 0) is 0 Å². The summed E-state index contributed by atoms with van der Waals surface area (Å²) in [5.41, 5.74) is 1.43. The van der Waals surface area contributed by atoms with Gasteiger partial charge in [0.2, 0.25) is 0 Å². The van der Waals surface area contributed by atoms with E-state index < -0.39 is 4.92 Å². The molecule has 1 atom stereocenters. The number of nitro groups is 1. The number of hydrogen-bond donors (Lipinski definition) is 1. The molecule has 1 amide bonds. The second-order valence-electron chi connectivity index (χ2n) is 6.82. The Bertz CT molecular complexity index is 802. The first kappa shape index (κ1) is 18.8. The molecule has 7 nitrogen and oxygen atoms in total. The number of rotatable bonds is 5. The zero-order chi connectivity index (χ0) is 19.2. The molecule has 27 heavy (non-hydrogen) atoms. The molecule has 1 fully saturated rings. The van der Waals surface area contributed by atoms with Crippen LogP contribution in [0, 0.1) is 10.1 Å². The number of carbonyl (C=O) groups excluding carboxylic acids is 1. The van der Waals surface area contributed by atoms with Crippen molar-refractivity contribution in [2.24, 2.45) is 0 Å². The second-order valence-corrected chi connectivity index (χ2v) is 6.82. The van der Waals surface area contributed by atoms with E-state index in [0.29, 0.717) is 24.3 Å². The molecule has 0 spiro atoms. The molecule has 1 N–H and O–H groups in total. The van der Waals surface area contributed by atoms with Gasteiger partial charge in [-0.25, -0.2) is 0 Å². The van der Waals surface area contributed by atoms with Gasteiger partial charge in [-0.3, -0.25) is 19.9 Å². The van der Waals surface area contributed by atoms with Crippen molar-refractivity contribution >= 4 is 17.3 Å². The van der Waals surface area contributed by atoms with Crippen LogP contribution in [0.5, 0.6) is 0 Å². The van der Waals surface area contributed by atoms with Crippen LogP contribution in [0.25, 0.3) is 0 Å². The number of hydrogen-bond acceptors (Lipinski definition) is 5. The van der Waals surface area contributed by atoms with E-state index in [-0.39, 0.29) is 17.6 Å². The number of benzene rings is 1. The van der Waals surface area contributed by atoms with Gasteiger partial charge < -0.3 is 10.2 Å².